The van der Waals surface area contributed by atoms with Crippen molar-refractivity contribution in [3.63, 3.8) is 0 Å². The minimum absolute atomic E-state index is 0.206. The second-order valence-electron chi connectivity index (χ2n) is 6.26. The van der Waals surface area contributed by atoms with Crippen LogP contribution in [0, 0.1) is 0 Å². The zero-order valence-electron chi connectivity index (χ0n) is 14.6. The largest absolute Gasteiger partial charge is 0.371 e. The van der Waals surface area contributed by atoms with Crippen LogP contribution in [0.25, 0.3) is 0 Å². The second kappa shape index (κ2) is 8.28. The highest BCUT2D eigenvalue weighted by molar-refractivity contribution is 5.24. The Morgan fingerprint density at radius 3 is 2.00 bits per heavy atom. The highest BCUT2D eigenvalue weighted by Crippen LogP contribution is 2.37. The molecule has 0 aromatic heterocycles. The Hall–Kier alpha value is -1.64. The van der Waals surface area contributed by atoms with E-state index in [9.17, 15) is 5.11 Å². The number of hydrogen-bond donors (Lipinski definition) is 1. The molecule has 0 aliphatic rings. The summed E-state index contributed by atoms with van der Waals surface area (Å²) in [5, 5.41) is 11.5. The first-order valence-corrected chi connectivity index (χ1v) is 8.69. The smallest absolute Gasteiger partial charge is 0.144 e. The first kappa shape index (κ1) is 17.7. The Morgan fingerprint density at radius 1 is 0.913 bits per heavy atom. The Kier molecular flexibility index (Phi) is 6.37. The predicted octanol–water partition coefficient (Wildman–Crippen LogP) is 5.11. The Labute approximate surface area is 140 Å². The van der Waals surface area contributed by atoms with Gasteiger partial charge in [-0.25, -0.2) is 0 Å². The average molecular weight is 311 g/mol. The number of aliphatic hydroxyl groups is 1. The summed E-state index contributed by atoms with van der Waals surface area (Å²) < 4.78 is 0. The molecular weight excluding hydrogens is 282 g/mol. The number of nitrogens with zero attached hydrogens (tertiary/aromatic N) is 1. The molecule has 0 unspecified atom stereocenters. The molecule has 0 heterocycles. The summed E-state index contributed by atoms with van der Waals surface area (Å²) in [4.78, 5) is 2.16. The van der Waals surface area contributed by atoms with Crippen molar-refractivity contribution in [2.75, 3.05) is 7.05 Å². The standard InChI is InChI=1S/C21H29NO/c1-4-12-20(18-13-8-6-9-14-18)22(3)21(23,17-5-2)19-15-10-7-11-16-19/h6-11,13-16,20,23H,4-5,12,17H2,1-3H3/t20-,21+/m0/s1. The average Bonchev–Trinajstić information content (AvgIpc) is 2.60. The first-order valence-electron chi connectivity index (χ1n) is 8.69. The molecule has 0 amide bonds. The van der Waals surface area contributed by atoms with Crippen LogP contribution in [0.1, 0.15) is 56.7 Å². The van der Waals surface area contributed by atoms with Gasteiger partial charge in [0.25, 0.3) is 0 Å². The second-order valence-corrected chi connectivity index (χ2v) is 6.26. The highest BCUT2D eigenvalue weighted by atomic mass is 16.3. The van der Waals surface area contributed by atoms with Crippen LogP contribution in [0.3, 0.4) is 0 Å². The van der Waals surface area contributed by atoms with Crippen molar-refractivity contribution in [2.45, 2.75) is 51.3 Å². The summed E-state index contributed by atoms with van der Waals surface area (Å²) in [6, 6.07) is 20.8. The minimum Gasteiger partial charge on any atom is -0.371 e. The lowest BCUT2D eigenvalue weighted by atomic mass is 9.91. The Balaban J connectivity index is 2.40. The first-order chi connectivity index (χ1) is 11.1. The Morgan fingerprint density at radius 2 is 1.48 bits per heavy atom. The normalized spacial score (nSPS) is 15.3. The number of rotatable bonds is 8. The van der Waals surface area contributed by atoms with Crippen LogP contribution in [0.2, 0.25) is 0 Å². The van der Waals surface area contributed by atoms with E-state index in [4.69, 9.17) is 0 Å². The summed E-state index contributed by atoms with van der Waals surface area (Å²) in [7, 11) is 2.05. The van der Waals surface area contributed by atoms with E-state index in [0.29, 0.717) is 0 Å². The minimum atomic E-state index is -0.939. The van der Waals surface area contributed by atoms with Crippen LogP contribution in [0.4, 0.5) is 0 Å². The lowest BCUT2D eigenvalue weighted by molar-refractivity contribution is -0.132. The maximum absolute atomic E-state index is 11.5. The maximum Gasteiger partial charge on any atom is 0.144 e. The zero-order valence-corrected chi connectivity index (χ0v) is 14.6. The van der Waals surface area contributed by atoms with Crippen LogP contribution in [-0.4, -0.2) is 17.1 Å². The van der Waals surface area contributed by atoms with Crippen molar-refractivity contribution in [2.24, 2.45) is 0 Å². The highest BCUT2D eigenvalue weighted by Gasteiger charge is 2.37. The van der Waals surface area contributed by atoms with Gasteiger partial charge < -0.3 is 5.11 Å². The molecule has 0 saturated carbocycles. The quantitative estimate of drug-likeness (QED) is 0.685. The van der Waals surface area contributed by atoms with Crippen LogP contribution in [-0.2, 0) is 5.72 Å². The molecule has 124 valence electrons. The zero-order chi connectivity index (χ0) is 16.7. The Bertz CT molecular complexity index is 569. The monoisotopic (exact) mass is 311 g/mol. The van der Waals surface area contributed by atoms with E-state index in [1.165, 1.54) is 5.56 Å². The van der Waals surface area contributed by atoms with Gasteiger partial charge in [-0.15, -0.1) is 0 Å². The fourth-order valence-electron chi connectivity index (χ4n) is 3.37. The molecule has 0 saturated heterocycles. The number of benzene rings is 2. The van der Waals surface area contributed by atoms with Crippen LogP contribution < -0.4 is 0 Å². The van der Waals surface area contributed by atoms with E-state index >= 15 is 0 Å². The van der Waals surface area contributed by atoms with Gasteiger partial charge in [-0.05, 0) is 31.0 Å². The molecule has 0 bridgehead atoms. The van der Waals surface area contributed by atoms with E-state index in [-0.39, 0.29) is 6.04 Å². The molecule has 1 N–H and O–H groups in total. The molecule has 2 aromatic carbocycles. The van der Waals surface area contributed by atoms with Crippen molar-refractivity contribution in [3.05, 3.63) is 71.8 Å². The lowest BCUT2D eigenvalue weighted by Gasteiger charge is -2.43. The summed E-state index contributed by atoms with van der Waals surface area (Å²) in [5.74, 6) is 0. The van der Waals surface area contributed by atoms with E-state index in [1.807, 2.05) is 36.4 Å². The van der Waals surface area contributed by atoms with Gasteiger partial charge in [0.05, 0.1) is 0 Å². The molecule has 2 atom stereocenters. The van der Waals surface area contributed by atoms with Crippen molar-refractivity contribution >= 4 is 0 Å². The van der Waals surface area contributed by atoms with Crippen LogP contribution in [0.5, 0.6) is 0 Å². The molecule has 2 rings (SSSR count). The van der Waals surface area contributed by atoms with Gasteiger partial charge >= 0.3 is 0 Å². The van der Waals surface area contributed by atoms with Crippen molar-refractivity contribution < 1.29 is 5.11 Å². The predicted molar refractivity (Wildman–Crippen MR) is 97.1 cm³/mol. The van der Waals surface area contributed by atoms with E-state index in [2.05, 4.69) is 50.1 Å². The molecule has 0 aliphatic heterocycles. The number of hydrogen-bond acceptors (Lipinski definition) is 2. The molecule has 23 heavy (non-hydrogen) atoms. The van der Waals surface area contributed by atoms with Crippen molar-refractivity contribution in [1.82, 2.24) is 4.90 Å². The molecule has 0 spiro atoms. The van der Waals surface area contributed by atoms with Gasteiger partial charge in [-0.1, -0.05) is 87.4 Å². The summed E-state index contributed by atoms with van der Waals surface area (Å²) >= 11 is 0. The molecule has 2 aromatic rings. The van der Waals surface area contributed by atoms with Gasteiger partial charge in [0, 0.05) is 6.04 Å². The lowest BCUT2D eigenvalue weighted by Crippen LogP contribution is -2.45. The van der Waals surface area contributed by atoms with Gasteiger partial charge in [-0.2, -0.15) is 0 Å². The van der Waals surface area contributed by atoms with Crippen molar-refractivity contribution in [1.29, 1.82) is 0 Å². The third-order valence-corrected chi connectivity index (χ3v) is 4.63. The van der Waals surface area contributed by atoms with Crippen molar-refractivity contribution in [3.8, 4) is 0 Å². The van der Waals surface area contributed by atoms with Gasteiger partial charge in [0.2, 0.25) is 0 Å². The summed E-state index contributed by atoms with van der Waals surface area (Å²) in [5.41, 5.74) is 1.30. The van der Waals surface area contributed by atoms with Crippen LogP contribution >= 0.6 is 0 Å². The summed E-state index contributed by atoms with van der Waals surface area (Å²) in [6.45, 7) is 4.32. The molecule has 0 fully saturated rings. The third kappa shape index (κ3) is 4.01. The molecule has 2 nitrogen and oxygen atoms in total. The fraction of sp³-hybridized carbons (Fsp3) is 0.429. The maximum atomic E-state index is 11.5. The molecule has 0 aliphatic carbocycles. The fourth-order valence-corrected chi connectivity index (χ4v) is 3.37. The van der Waals surface area contributed by atoms with E-state index in [1.54, 1.807) is 0 Å². The van der Waals surface area contributed by atoms with E-state index in [0.717, 1.165) is 31.2 Å². The molecule has 0 radical (unpaired) electrons. The molecule has 2 heteroatoms. The van der Waals surface area contributed by atoms with Gasteiger partial charge in [-0.3, -0.25) is 4.90 Å². The third-order valence-electron chi connectivity index (χ3n) is 4.63. The van der Waals surface area contributed by atoms with E-state index < -0.39 is 5.72 Å². The van der Waals surface area contributed by atoms with Gasteiger partial charge in [0.1, 0.15) is 5.72 Å². The topological polar surface area (TPSA) is 23.5 Å². The SMILES string of the molecule is CCC[C@@H](c1ccccc1)N(C)[C@@](O)(CCC)c1ccccc1. The van der Waals surface area contributed by atoms with Crippen LogP contribution in [0.15, 0.2) is 60.7 Å². The summed E-state index contributed by atoms with van der Waals surface area (Å²) in [6.07, 6.45) is 3.77. The molecular formula is C21H29NO. The van der Waals surface area contributed by atoms with Gasteiger partial charge in [0.15, 0.2) is 0 Å².